The molecule has 0 fully saturated rings. The highest BCUT2D eigenvalue weighted by Crippen LogP contribution is 2.19. The molecular formula is C3H7ClF3NOS. The third-order valence-electron chi connectivity index (χ3n) is 0.561. The second-order valence-electron chi connectivity index (χ2n) is 1.28. The summed E-state index contributed by atoms with van der Waals surface area (Å²) in [6.45, 7) is -0.202. The molecule has 2 N–H and O–H groups in total. The van der Waals surface area contributed by atoms with Gasteiger partial charge in [0.15, 0.2) is 0 Å². The van der Waals surface area contributed by atoms with E-state index in [0.29, 0.717) is 0 Å². The molecule has 0 spiro atoms. The van der Waals surface area contributed by atoms with Crippen molar-refractivity contribution in [3.8, 4) is 0 Å². The van der Waals surface area contributed by atoms with Crippen LogP contribution >= 0.6 is 12.4 Å². The zero-order valence-electron chi connectivity index (χ0n) is 4.85. The Bertz CT molecular complexity index is 117. The fourth-order valence-corrected chi connectivity index (χ4v) is 0.668. The minimum atomic E-state index is -4.60. The van der Waals surface area contributed by atoms with Gasteiger partial charge in [-0.05, 0) is 0 Å². The van der Waals surface area contributed by atoms with Gasteiger partial charge < -0.3 is 5.73 Å². The van der Waals surface area contributed by atoms with Crippen molar-refractivity contribution >= 4 is 23.2 Å². The Morgan fingerprint density at radius 3 is 1.90 bits per heavy atom. The first-order chi connectivity index (χ1) is 3.98. The molecular weight excluding hydrogens is 191 g/mol. The van der Waals surface area contributed by atoms with Crippen molar-refractivity contribution in [3.05, 3.63) is 0 Å². The average Bonchev–Trinajstić information content (AvgIpc) is 1.64. The standard InChI is InChI=1S/C3H6F3NOS.ClH/c4-3(5,6)9(8)2-1-7;/h1-2,7H2;1H. The molecule has 1 unspecified atom stereocenters. The van der Waals surface area contributed by atoms with E-state index in [1.807, 2.05) is 0 Å². The Morgan fingerprint density at radius 2 is 1.80 bits per heavy atom. The molecule has 0 aliphatic heterocycles. The number of rotatable bonds is 2. The van der Waals surface area contributed by atoms with E-state index in [1.54, 1.807) is 0 Å². The predicted molar refractivity (Wildman–Crippen MR) is 35.4 cm³/mol. The Balaban J connectivity index is 0. The summed E-state index contributed by atoms with van der Waals surface area (Å²) in [5, 5.41) is 0. The molecule has 0 rings (SSSR count). The fourth-order valence-electron chi connectivity index (χ4n) is 0.223. The third kappa shape index (κ3) is 5.01. The first kappa shape index (κ1) is 12.8. The number of alkyl halides is 3. The minimum Gasteiger partial charge on any atom is -0.330 e. The lowest BCUT2D eigenvalue weighted by molar-refractivity contribution is -0.0383. The van der Waals surface area contributed by atoms with Crippen molar-refractivity contribution in [1.29, 1.82) is 0 Å². The van der Waals surface area contributed by atoms with Crippen LogP contribution in [0.3, 0.4) is 0 Å². The smallest absolute Gasteiger partial charge is 0.330 e. The topological polar surface area (TPSA) is 43.1 Å². The van der Waals surface area contributed by atoms with Gasteiger partial charge in [-0.15, -0.1) is 12.4 Å². The van der Waals surface area contributed by atoms with E-state index in [-0.39, 0.29) is 19.0 Å². The van der Waals surface area contributed by atoms with E-state index < -0.39 is 22.1 Å². The summed E-state index contributed by atoms with van der Waals surface area (Å²) >= 11 is 0. The van der Waals surface area contributed by atoms with Gasteiger partial charge in [-0.3, -0.25) is 4.21 Å². The van der Waals surface area contributed by atoms with E-state index in [9.17, 15) is 17.4 Å². The number of nitrogens with two attached hydrogens (primary N) is 1. The molecule has 0 heterocycles. The molecule has 64 valence electrons. The Morgan fingerprint density at radius 1 is 1.40 bits per heavy atom. The molecule has 0 bridgehead atoms. The largest absolute Gasteiger partial charge is 0.471 e. The fraction of sp³-hybridized carbons (Fsp3) is 1.00. The van der Waals surface area contributed by atoms with Crippen molar-refractivity contribution in [3.63, 3.8) is 0 Å². The molecule has 0 saturated carbocycles. The number of hydrogen-bond donors (Lipinski definition) is 1. The average molecular weight is 198 g/mol. The maximum Gasteiger partial charge on any atom is 0.471 e. The summed E-state index contributed by atoms with van der Waals surface area (Å²) in [5.41, 5.74) is 0.135. The SMILES string of the molecule is Cl.NCCS(=O)C(F)(F)F. The summed E-state index contributed by atoms with van der Waals surface area (Å²) in [7, 11) is -2.76. The van der Waals surface area contributed by atoms with E-state index >= 15 is 0 Å². The van der Waals surface area contributed by atoms with Gasteiger partial charge in [0, 0.05) is 12.3 Å². The minimum absolute atomic E-state index is 0. The normalized spacial score (nSPS) is 14.0. The molecule has 0 saturated heterocycles. The molecule has 1 atom stereocenters. The van der Waals surface area contributed by atoms with Crippen LogP contribution in [0.4, 0.5) is 13.2 Å². The van der Waals surface area contributed by atoms with Gasteiger partial charge in [0.05, 0.1) is 0 Å². The predicted octanol–water partition coefficient (Wildman–Crippen LogP) is 0.635. The second kappa shape index (κ2) is 4.92. The summed E-state index contributed by atoms with van der Waals surface area (Å²) in [4.78, 5) is 0. The maximum atomic E-state index is 11.3. The molecule has 10 heavy (non-hydrogen) atoms. The van der Waals surface area contributed by atoms with Gasteiger partial charge in [0.25, 0.3) is 0 Å². The Kier molecular flexibility index (Phi) is 6.32. The summed E-state index contributed by atoms with van der Waals surface area (Å²) in [5.74, 6) is -0.510. The van der Waals surface area contributed by atoms with Crippen LogP contribution in [0.5, 0.6) is 0 Å². The molecule has 0 aromatic heterocycles. The molecule has 2 nitrogen and oxygen atoms in total. The molecule has 0 radical (unpaired) electrons. The van der Waals surface area contributed by atoms with Crippen molar-refractivity contribution < 1.29 is 17.4 Å². The van der Waals surface area contributed by atoms with Crippen molar-refractivity contribution in [1.82, 2.24) is 0 Å². The van der Waals surface area contributed by atoms with Gasteiger partial charge in [0.2, 0.25) is 0 Å². The van der Waals surface area contributed by atoms with E-state index in [2.05, 4.69) is 0 Å². The van der Waals surface area contributed by atoms with E-state index in [0.717, 1.165) is 0 Å². The Hall–Kier alpha value is 0.190. The van der Waals surface area contributed by atoms with Crippen LogP contribution in [0.1, 0.15) is 0 Å². The second-order valence-corrected chi connectivity index (χ2v) is 2.85. The molecule has 0 aromatic carbocycles. The molecule has 0 aliphatic carbocycles. The highest BCUT2D eigenvalue weighted by molar-refractivity contribution is 7.85. The quantitative estimate of drug-likeness (QED) is 0.706. The van der Waals surface area contributed by atoms with Crippen LogP contribution in [0.25, 0.3) is 0 Å². The van der Waals surface area contributed by atoms with Gasteiger partial charge in [-0.25, -0.2) is 0 Å². The Labute approximate surface area is 64.8 Å². The van der Waals surface area contributed by atoms with Crippen LogP contribution in [0.2, 0.25) is 0 Å². The van der Waals surface area contributed by atoms with Crippen LogP contribution < -0.4 is 5.73 Å². The van der Waals surface area contributed by atoms with Crippen LogP contribution in [0.15, 0.2) is 0 Å². The zero-order valence-corrected chi connectivity index (χ0v) is 6.48. The van der Waals surface area contributed by atoms with Crippen molar-refractivity contribution in [2.75, 3.05) is 12.3 Å². The number of hydrogen-bond acceptors (Lipinski definition) is 2. The summed E-state index contributed by atoms with van der Waals surface area (Å²) < 4.78 is 43.8. The lowest BCUT2D eigenvalue weighted by Gasteiger charge is -2.02. The van der Waals surface area contributed by atoms with Gasteiger partial charge in [-0.2, -0.15) is 13.2 Å². The van der Waals surface area contributed by atoms with E-state index in [1.165, 1.54) is 0 Å². The summed E-state index contributed by atoms with van der Waals surface area (Å²) in [6.07, 6.45) is 0. The molecule has 0 aromatic rings. The first-order valence-corrected chi connectivity index (χ1v) is 3.45. The number of halogens is 4. The van der Waals surface area contributed by atoms with Crippen molar-refractivity contribution in [2.45, 2.75) is 5.51 Å². The summed E-state index contributed by atoms with van der Waals surface area (Å²) in [6, 6.07) is 0. The zero-order chi connectivity index (χ0) is 7.49. The maximum absolute atomic E-state index is 11.3. The van der Waals surface area contributed by atoms with Crippen molar-refractivity contribution in [2.24, 2.45) is 5.73 Å². The van der Waals surface area contributed by atoms with Gasteiger partial charge in [-0.1, -0.05) is 0 Å². The highest BCUT2D eigenvalue weighted by atomic mass is 35.5. The lowest BCUT2D eigenvalue weighted by Crippen LogP contribution is -2.23. The van der Waals surface area contributed by atoms with Gasteiger partial charge in [0.1, 0.15) is 10.8 Å². The monoisotopic (exact) mass is 197 g/mol. The van der Waals surface area contributed by atoms with Crippen LogP contribution in [0, 0.1) is 0 Å². The third-order valence-corrected chi connectivity index (χ3v) is 1.68. The molecule has 7 heteroatoms. The molecule has 0 amide bonds. The lowest BCUT2D eigenvalue weighted by atomic mass is 10.8. The van der Waals surface area contributed by atoms with Crippen LogP contribution in [-0.4, -0.2) is 22.0 Å². The highest BCUT2D eigenvalue weighted by Gasteiger charge is 2.35. The van der Waals surface area contributed by atoms with Gasteiger partial charge >= 0.3 is 5.51 Å². The van der Waals surface area contributed by atoms with Crippen LogP contribution in [-0.2, 0) is 10.8 Å². The van der Waals surface area contributed by atoms with E-state index in [4.69, 9.17) is 5.73 Å². The first-order valence-electron chi connectivity index (χ1n) is 2.13. The molecule has 0 aliphatic rings.